The van der Waals surface area contributed by atoms with Gasteiger partial charge in [-0.15, -0.1) is 0 Å². The number of carbonyl (C=O) groups is 1. The standard InChI is InChI=1S/C37H53N7O2/c1-5-34(27-11-13-28(14-12-27)36(45)46)43(4)37-40-32-16-15-29(26-9-7-6-8-10-26)21-31(32)35(41-37)39-33(30-22-38-42(3)23-30)24-44-19-17-25(2)18-20-44/h6-10,22-23,25,27-29,33-34H,5,11-21,24H2,1-4H3,(H,45,46)(H,39,40,41)/t27?,28?,29-,33+,34-/m1/s1. The first-order chi connectivity index (χ1) is 22.3. The largest absolute Gasteiger partial charge is 0.481 e. The number of anilines is 2. The Morgan fingerprint density at radius 3 is 2.46 bits per heavy atom. The lowest BCUT2D eigenvalue weighted by atomic mass is 9.77. The van der Waals surface area contributed by atoms with Crippen LogP contribution in [0.5, 0.6) is 0 Å². The summed E-state index contributed by atoms with van der Waals surface area (Å²) in [5, 5.41) is 18.1. The Bertz CT molecular complexity index is 1440. The number of nitrogens with one attached hydrogen (secondary N) is 1. The van der Waals surface area contributed by atoms with Gasteiger partial charge in [0.15, 0.2) is 0 Å². The molecule has 2 N–H and O–H groups in total. The molecule has 0 amide bonds. The second-order valence-corrected chi connectivity index (χ2v) is 14.3. The Hall–Kier alpha value is -3.46. The van der Waals surface area contributed by atoms with Crippen molar-refractivity contribution in [2.24, 2.45) is 24.8 Å². The van der Waals surface area contributed by atoms with Gasteiger partial charge in [-0.3, -0.25) is 9.48 Å². The molecular formula is C37H53N7O2. The van der Waals surface area contributed by atoms with Gasteiger partial charge < -0.3 is 20.2 Å². The molecule has 1 aromatic carbocycles. The smallest absolute Gasteiger partial charge is 0.306 e. The maximum absolute atomic E-state index is 11.6. The minimum Gasteiger partial charge on any atom is -0.481 e. The van der Waals surface area contributed by atoms with E-state index in [2.05, 4.69) is 77.6 Å². The molecule has 0 unspecified atom stereocenters. The number of aromatic nitrogens is 4. The number of carboxylic acid groups (broad SMARTS) is 1. The number of hydrogen-bond acceptors (Lipinski definition) is 7. The van der Waals surface area contributed by atoms with Crippen LogP contribution in [0.3, 0.4) is 0 Å². The van der Waals surface area contributed by atoms with Crippen molar-refractivity contribution in [1.82, 2.24) is 24.6 Å². The number of nitrogens with zero attached hydrogens (tertiary/aromatic N) is 6. The van der Waals surface area contributed by atoms with Crippen molar-refractivity contribution in [3.8, 4) is 0 Å². The number of carboxylic acids is 1. The van der Waals surface area contributed by atoms with Gasteiger partial charge >= 0.3 is 5.97 Å². The Balaban J connectivity index is 1.32. The van der Waals surface area contributed by atoms with Crippen molar-refractivity contribution in [2.75, 3.05) is 36.9 Å². The summed E-state index contributed by atoms with van der Waals surface area (Å²) in [4.78, 5) is 27.2. The Morgan fingerprint density at radius 2 is 1.80 bits per heavy atom. The zero-order valence-corrected chi connectivity index (χ0v) is 28.2. The number of likely N-dealkylation sites (tertiary alicyclic amines) is 1. The van der Waals surface area contributed by atoms with Crippen molar-refractivity contribution >= 4 is 17.7 Å². The van der Waals surface area contributed by atoms with Crippen LogP contribution >= 0.6 is 0 Å². The van der Waals surface area contributed by atoms with Gasteiger partial charge in [0.05, 0.1) is 23.9 Å². The van der Waals surface area contributed by atoms with Crippen LogP contribution in [0.1, 0.15) is 99.6 Å². The molecule has 3 heterocycles. The molecule has 1 saturated carbocycles. The predicted octanol–water partition coefficient (Wildman–Crippen LogP) is 6.47. The quantitative estimate of drug-likeness (QED) is 0.250. The summed E-state index contributed by atoms with van der Waals surface area (Å²) in [6, 6.07) is 11.2. The van der Waals surface area contributed by atoms with Gasteiger partial charge in [-0.05, 0) is 101 Å². The van der Waals surface area contributed by atoms with Crippen LogP contribution in [-0.4, -0.2) is 68.4 Å². The average molecular weight is 628 g/mol. The predicted molar refractivity (Wildman–Crippen MR) is 183 cm³/mol. The van der Waals surface area contributed by atoms with Gasteiger partial charge in [-0.2, -0.15) is 10.1 Å². The molecule has 6 rings (SSSR count). The fourth-order valence-corrected chi connectivity index (χ4v) is 8.23. The van der Waals surface area contributed by atoms with Gasteiger partial charge in [0, 0.05) is 44.0 Å². The summed E-state index contributed by atoms with van der Waals surface area (Å²) >= 11 is 0. The summed E-state index contributed by atoms with van der Waals surface area (Å²) < 4.78 is 1.90. The lowest BCUT2D eigenvalue weighted by molar-refractivity contribution is -0.143. The molecule has 0 spiro atoms. The van der Waals surface area contributed by atoms with Crippen molar-refractivity contribution in [3.63, 3.8) is 0 Å². The molecule has 46 heavy (non-hydrogen) atoms. The summed E-state index contributed by atoms with van der Waals surface area (Å²) in [5.74, 6) is 2.54. The molecule has 2 fully saturated rings. The van der Waals surface area contributed by atoms with Crippen molar-refractivity contribution in [3.05, 3.63) is 65.1 Å². The fraction of sp³-hybridized carbons (Fsp3) is 0.622. The van der Waals surface area contributed by atoms with Crippen LogP contribution in [0, 0.1) is 17.8 Å². The summed E-state index contributed by atoms with van der Waals surface area (Å²) in [6.07, 6.45) is 13.9. The zero-order chi connectivity index (χ0) is 32.2. The molecule has 248 valence electrons. The molecule has 3 aromatic rings. The number of rotatable bonds is 11. The summed E-state index contributed by atoms with van der Waals surface area (Å²) in [7, 11) is 4.13. The first-order valence-corrected chi connectivity index (χ1v) is 17.7. The third kappa shape index (κ3) is 7.40. The van der Waals surface area contributed by atoms with Gasteiger partial charge in [0.1, 0.15) is 5.82 Å². The van der Waals surface area contributed by atoms with E-state index in [0.29, 0.717) is 11.8 Å². The van der Waals surface area contributed by atoms with Crippen LogP contribution in [0.2, 0.25) is 0 Å². The maximum Gasteiger partial charge on any atom is 0.306 e. The number of fused-ring (bicyclic) bond motifs is 1. The van der Waals surface area contributed by atoms with E-state index in [1.165, 1.54) is 29.5 Å². The number of hydrogen-bond donors (Lipinski definition) is 2. The van der Waals surface area contributed by atoms with Crippen LogP contribution in [0.25, 0.3) is 0 Å². The highest BCUT2D eigenvalue weighted by molar-refractivity contribution is 5.70. The lowest BCUT2D eigenvalue weighted by Gasteiger charge is -2.38. The average Bonchev–Trinajstić information content (AvgIpc) is 3.52. The van der Waals surface area contributed by atoms with E-state index >= 15 is 0 Å². The molecule has 1 saturated heterocycles. The van der Waals surface area contributed by atoms with E-state index in [9.17, 15) is 9.90 Å². The number of piperidine rings is 1. The van der Waals surface area contributed by atoms with Gasteiger partial charge in [0.2, 0.25) is 5.95 Å². The van der Waals surface area contributed by atoms with Crippen molar-refractivity contribution < 1.29 is 9.90 Å². The number of aryl methyl sites for hydroxylation is 2. The summed E-state index contributed by atoms with van der Waals surface area (Å²) in [5.41, 5.74) is 4.97. The van der Waals surface area contributed by atoms with E-state index in [4.69, 9.17) is 9.97 Å². The summed E-state index contributed by atoms with van der Waals surface area (Å²) in [6.45, 7) is 7.75. The molecule has 2 aromatic heterocycles. The van der Waals surface area contributed by atoms with Crippen LogP contribution in [-0.2, 0) is 24.7 Å². The molecule has 9 heteroatoms. The molecule has 0 radical (unpaired) electrons. The number of benzene rings is 1. The fourth-order valence-electron chi connectivity index (χ4n) is 8.23. The van der Waals surface area contributed by atoms with E-state index < -0.39 is 5.97 Å². The molecule has 9 nitrogen and oxygen atoms in total. The SMILES string of the molecule is CC[C@H](C1CCC(C(=O)O)CC1)N(C)c1nc2c(c(N[C@@H](CN3CCC(C)CC3)c3cnn(C)c3)n1)C[C@H](c1ccccc1)CC2. The minimum atomic E-state index is -0.648. The van der Waals surface area contributed by atoms with Crippen molar-refractivity contribution in [2.45, 2.75) is 96.1 Å². The van der Waals surface area contributed by atoms with E-state index in [1.54, 1.807) is 0 Å². The van der Waals surface area contributed by atoms with E-state index in [-0.39, 0.29) is 18.0 Å². The highest BCUT2D eigenvalue weighted by atomic mass is 16.4. The second kappa shape index (κ2) is 14.5. The molecule has 0 bridgehead atoms. The molecule has 2 aliphatic carbocycles. The molecular weight excluding hydrogens is 574 g/mol. The first-order valence-electron chi connectivity index (χ1n) is 17.7. The van der Waals surface area contributed by atoms with Gasteiger partial charge in [-0.1, -0.05) is 44.2 Å². The van der Waals surface area contributed by atoms with Crippen LogP contribution < -0.4 is 10.2 Å². The normalized spacial score (nSPS) is 23.8. The topological polar surface area (TPSA) is 99.4 Å². The lowest BCUT2D eigenvalue weighted by Crippen LogP contribution is -2.41. The zero-order valence-electron chi connectivity index (χ0n) is 28.2. The van der Waals surface area contributed by atoms with E-state index in [1.807, 2.05) is 17.9 Å². The molecule has 1 aliphatic heterocycles. The monoisotopic (exact) mass is 627 g/mol. The van der Waals surface area contributed by atoms with Crippen LogP contribution in [0.15, 0.2) is 42.7 Å². The van der Waals surface area contributed by atoms with E-state index in [0.717, 1.165) is 94.4 Å². The highest BCUT2D eigenvalue weighted by Gasteiger charge is 2.34. The third-order valence-electron chi connectivity index (χ3n) is 11.2. The first kappa shape index (κ1) is 32.5. The second-order valence-electron chi connectivity index (χ2n) is 14.3. The van der Waals surface area contributed by atoms with Gasteiger partial charge in [-0.25, -0.2) is 4.98 Å². The Morgan fingerprint density at radius 1 is 1.07 bits per heavy atom. The third-order valence-corrected chi connectivity index (χ3v) is 11.2. The number of aliphatic carboxylic acids is 1. The Labute approximate surface area is 274 Å². The van der Waals surface area contributed by atoms with Crippen LogP contribution in [0.4, 0.5) is 11.8 Å². The highest BCUT2D eigenvalue weighted by Crippen LogP contribution is 2.39. The van der Waals surface area contributed by atoms with Gasteiger partial charge in [0.25, 0.3) is 0 Å². The molecule has 3 aliphatic rings. The minimum absolute atomic E-state index is 0.0598. The Kier molecular flexibility index (Phi) is 10.3. The molecule has 3 atom stereocenters. The maximum atomic E-state index is 11.6. The van der Waals surface area contributed by atoms with Crippen molar-refractivity contribution in [1.29, 1.82) is 0 Å².